The largest absolute Gasteiger partial charge is 0.475 e. The van der Waals surface area contributed by atoms with Crippen LogP contribution < -0.4 is 4.74 Å². The first-order chi connectivity index (χ1) is 13.8. The normalized spacial score (nSPS) is 17.1. The Morgan fingerprint density at radius 2 is 2.04 bits per heavy atom. The SMILES string of the molecule is COCCOc1ncccc1-c1noc([C@@H]2CCCN2Cc2ccccc2)n1. The van der Waals surface area contributed by atoms with Crippen LogP contribution in [0.2, 0.25) is 0 Å². The standard InChI is InChI=1S/C21H24N4O3/c1-26-13-14-27-20-17(9-5-11-22-20)19-23-21(28-24-19)18-10-6-12-25(18)15-16-7-3-2-4-8-16/h2-5,7-9,11,18H,6,10,12-15H2,1H3/t18-/m0/s1. The number of methoxy groups -OCH3 is 1. The lowest BCUT2D eigenvalue weighted by atomic mass is 10.2. The van der Waals surface area contributed by atoms with Gasteiger partial charge in [0.05, 0.1) is 18.2 Å². The molecule has 7 heteroatoms. The summed E-state index contributed by atoms with van der Waals surface area (Å²) in [5.41, 5.74) is 2.01. The maximum Gasteiger partial charge on any atom is 0.244 e. The molecule has 0 radical (unpaired) electrons. The van der Waals surface area contributed by atoms with Crippen molar-refractivity contribution in [3.63, 3.8) is 0 Å². The van der Waals surface area contributed by atoms with Crippen LogP contribution in [-0.4, -0.2) is 46.9 Å². The van der Waals surface area contributed by atoms with Crippen molar-refractivity contribution in [1.82, 2.24) is 20.0 Å². The Labute approximate surface area is 164 Å². The van der Waals surface area contributed by atoms with Crippen LogP contribution in [0.3, 0.4) is 0 Å². The highest BCUT2D eigenvalue weighted by Crippen LogP contribution is 2.34. The topological polar surface area (TPSA) is 73.5 Å². The average Bonchev–Trinajstić information content (AvgIpc) is 3.39. The van der Waals surface area contributed by atoms with E-state index >= 15 is 0 Å². The summed E-state index contributed by atoms with van der Waals surface area (Å²) in [7, 11) is 1.64. The van der Waals surface area contributed by atoms with E-state index < -0.39 is 0 Å². The highest BCUT2D eigenvalue weighted by molar-refractivity contribution is 5.60. The third kappa shape index (κ3) is 4.21. The molecule has 146 valence electrons. The molecule has 0 N–H and O–H groups in total. The fourth-order valence-corrected chi connectivity index (χ4v) is 3.49. The number of benzene rings is 1. The Hall–Kier alpha value is -2.77. The molecule has 3 heterocycles. The number of pyridine rings is 1. The molecule has 0 unspecified atom stereocenters. The van der Waals surface area contributed by atoms with Crippen molar-refractivity contribution in [1.29, 1.82) is 0 Å². The molecule has 1 fully saturated rings. The highest BCUT2D eigenvalue weighted by Gasteiger charge is 2.31. The average molecular weight is 380 g/mol. The summed E-state index contributed by atoms with van der Waals surface area (Å²) >= 11 is 0. The molecular formula is C21H24N4O3. The summed E-state index contributed by atoms with van der Waals surface area (Å²) in [6, 6.07) is 14.3. The first kappa shape index (κ1) is 18.6. The van der Waals surface area contributed by atoms with Crippen LogP contribution in [0.25, 0.3) is 11.4 Å². The van der Waals surface area contributed by atoms with Gasteiger partial charge in [0.25, 0.3) is 0 Å². The van der Waals surface area contributed by atoms with Crippen LogP contribution in [0.4, 0.5) is 0 Å². The van der Waals surface area contributed by atoms with E-state index in [9.17, 15) is 0 Å². The number of aromatic nitrogens is 3. The molecule has 28 heavy (non-hydrogen) atoms. The van der Waals surface area contributed by atoms with Gasteiger partial charge < -0.3 is 14.0 Å². The van der Waals surface area contributed by atoms with Gasteiger partial charge in [0.15, 0.2) is 0 Å². The molecule has 1 atom stereocenters. The number of nitrogens with zero attached hydrogens (tertiary/aromatic N) is 4. The van der Waals surface area contributed by atoms with Crippen molar-refractivity contribution in [3.05, 3.63) is 60.1 Å². The zero-order valence-electron chi connectivity index (χ0n) is 16.0. The van der Waals surface area contributed by atoms with Gasteiger partial charge in [0.1, 0.15) is 6.61 Å². The lowest BCUT2D eigenvalue weighted by Gasteiger charge is -2.21. The number of ether oxygens (including phenoxy) is 2. The second-order valence-electron chi connectivity index (χ2n) is 6.77. The van der Waals surface area contributed by atoms with Gasteiger partial charge in [-0.1, -0.05) is 35.5 Å². The number of likely N-dealkylation sites (tertiary alicyclic amines) is 1. The quantitative estimate of drug-likeness (QED) is 0.554. The maximum absolute atomic E-state index is 5.70. The number of hydrogen-bond donors (Lipinski definition) is 0. The molecule has 0 bridgehead atoms. The molecular weight excluding hydrogens is 356 g/mol. The second kappa shape index (κ2) is 8.95. The predicted molar refractivity (Wildman–Crippen MR) is 104 cm³/mol. The molecule has 1 aromatic carbocycles. The van der Waals surface area contributed by atoms with Gasteiger partial charge >= 0.3 is 0 Å². The summed E-state index contributed by atoms with van der Waals surface area (Å²) < 4.78 is 16.4. The molecule has 1 saturated heterocycles. The van der Waals surface area contributed by atoms with E-state index in [0.717, 1.165) is 31.5 Å². The summed E-state index contributed by atoms with van der Waals surface area (Å²) in [5, 5.41) is 4.20. The first-order valence-corrected chi connectivity index (χ1v) is 9.54. The molecule has 0 amide bonds. The van der Waals surface area contributed by atoms with E-state index in [0.29, 0.717) is 30.8 Å². The fraction of sp³-hybridized carbons (Fsp3) is 0.381. The van der Waals surface area contributed by atoms with E-state index in [2.05, 4.69) is 44.3 Å². The summed E-state index contributed by atoms with van der Waals surface area (Å²) in [6.07, 6.45) is 3.82. The minimum absolute atomic E-state index is 0.135. The van der Waals surface area contributed by atoms with Crippen molar-refractivity contribution < 1.29 is 14.0 Å². The summed E-state index contributed by atoms with van der Waals surface area (Å²) in [5.74, 6) is 1.64. The van der Waals surface area contributed by atoms with Crippen molar-refractivity contribution in [3.8, 4) is 17.3 Å². The first-order valence-electron chi connectivity index (χ1n) is 9.54. The van der Waals surface area contributed by atoms with Gasteiger partial charge in [0.2, 0.25) is 17.6 Å². The monoisotopic (exact) mass is 380 g/mol. The van der Waals surface area contributed by atoms with Crippen LogP contribution in [0, 0.1) is 0 Å². The Balaban J connectivity index is 1.51. The Morgan fingerprint density at radius 1 is 1.14 bits per heavy atom. The van der Waals surface area contributed by atoms with E-state index in [1.54, 1.807) is 13.3 Å². The van der Waals surface area contributed by atoms with Crippen molar-refractivity contribution in [2.24, 2.45) is 0 Å². The van der Waals surface area contributed by atoms with Crippen LogP contribution in [0.1, 0.15) is 30.3 Å². The summed E-state index contributed by atoms with van der Waals surface area (Å²) in [4.78, 5) is 11.4. The predicted octanol–water partition coefficient (Wildman–Crippen LogP) is 3.49. The molecule has 7 nitrogen and oxygen atoms in total. The molecule has 2 aromatic heterocycles. The van der Waals surface area contributed by atoms with Gasteiger partial charge in [-0.05, 0) is 37.1 Å². The summed E-state index contributed by atoms with van der Waals surface area (Å²) in [6.45, 7) is 2.81. The van der Waals surface area contributed by atoms with Crippen LogP contribution in [0.15, 0.2) is 53.2 Å². The minimum atomic E-state index is 0.135. The van der Waals surface area contributed by atoms with Crippen molar-refractivity contribution >= 4 is 0 Å². The minimum Gasteiger partial charge on any atom is -0.475 e. The zero-order valence-corrected chi connectivity index (χ0v) is 16.0. The third-order valence-electron chi connectivity index (χ3n) is 4.86. The lowest BCUT2D eigenvalue weighted by Crippen LogP contribution is -2.23. The second-order valence-corrected chi connectivity index (χ2v) is 6.77. The molecule has 0 saturated carbocycles. The van der Waals surface area contributed by atoms with Gasteiger partial charge in [-0.25, -0.2) is 4.98 Å². The molecule has 0 aliphatic carbocycles. The van der Waals surface area contributed by atoms with Crippen LogP contribution in [0.5, 0.6) is 5.88 Å². The van der Waals surface area contributed by atoms with Gasteiger partial charge in [-0.15, -0.1) is 0 Å². The highest BCUT2D eigenvalue weighted by atomic mass is 16.5. The van der Waals surface area contributed by atoms with Gasteiger partial charge in [0, 0.05) is 19.9 Å². The smallest absolute Gasteiger partial charge is 0.244 e. The molecule has 1 aliphatic heterocycles. The molecule has 4 rings (SSSR count). The molecule has 0 spiro atoms. The van der Waals surface area contributed by atoms with E-state index in [4.69, 9.17) is 14.0 Å². The molecule has 3 aromatic rings. The Kier molecular flexibility index (Phi) is 5.94. The van der Waals surface area contributed by atoms with Crippen molar-refractivity contribution in [2.45, 2.75) is 25.4 Å². The number of hydrogen-bond acceptors (Lipinski definition) is 7. The maximum atomic E-state index is 5.70. The van der Waals surface area contributed by atoms with Gasteiger partial charge in [-0.3, -0.25) is 4.90 Å². The lowest BCUT2D eigenvalue weighted by molar-refractivity contribution is 0.144. The van der Waals surface area contributed by atoms with Crippen LogP contribution in [-0.2, 0) is 11.3 Å². The van der Waals surface area contributed by atoms with E-state index in [-0.39, 0.29) is 6.04 Å². The number of rotatable bonds is 8. The Bertz CT molecular complexity index is 884. The van der Waals surface area contributed by atoms with Crippen molar-refractivity contribution in [2.75, 3.05) is 26.9 Å². The van der Waals surface area contributed by atoms with Crippen LogP contribution >= 0.6 is 0 Å². The van der Waals surface area contributed by atoms with Gasteiger partial charge in [-0.2, -0.15) is 4.98 Å². The third-order valence-corrected chi connectivity index (χ3v) is 4.86. The van der Waals surface area contributed by atoms with E-state index in [1.807, 2.05) is 18.2 Å². The Morgan fingerprint density at radius 3 is 2.89 bits per heavy atom. The van der Waals surface area contributed by atoms with E-state index in [1.165, 1.54) is 5.56 Å². The zero-order chi connectivity index (χ0) is 19.2. The molecule has 1 aliphatic rings. The fourth-order valence-electron chi connectivity index (χ4n) is 3.49.